The van der Waals surface area contributed by atoms with Gasteiger partial charge >= 0.3 is 5.97 Å². The minimum Gasteiger partial charge on any atom is -0.504 e. The number of methoxy groups -OCH3 is 1. The molecule has 20 heavy (non-hydrogen) atoms. The summed E-state index contributed by atoms with van der Waals surface area (Å²) in [5, 5.41) is 19.8. The molecule has 0 saturated carbocycles. The fraction of sp³-hybridized carbons (Fsp3) is 0.250. The van der Waals surface area contributed by atoms with Crippen molar-refractivity contribution in [2.24, 2.45) is 0 Å². The maximum absolute atomic E-state index is 11.8. The molecule has 2 N–H and O–H groups in total. The lowest BCUT2D eigenvalue weighted by atomic mass is 10.1. The summed E-state index contributed by atoms with van der Waals surface area (Å²) in [6, 6.07) is 2.91. The van der Waals surface area contributed by atoms with Gasteiger partial charge in [-0.05, 0) is 19.1 Å². The van der Waals surface area contributed by atoms with Gasteiger partial charge in [-0.3, -0.25) is 0 Å². The third kappa shape index (κ3) is 2.39. The van der Waals surface area contributed by atoms with E-state index >= 15 is 0 Å². The first-order valence-corrected chi connectivity index (χ1v) is 6.11. The largest absolute Gasteiger partial charge is 0.504 e. The van der Waals surface area contributed by atoms with Crippen molar-refractivity contribution in [1.29, 1.82) is 0 Å². The van der Waals surface area contributed by atoms with Crippen LogP contribution in [0.1, 0.15) is 17.4 Å². The van der Waals surface area contributed by atoms with Gasteiger partial charge in [0.15, 0.2) is 17.2 Å². The Hall–Kier alpha value is -2.28. The van der Waals surface area contributed by atoms with Crippen molar-refractivity contribution < 1.29 is 19.4 Å². The number of ether oxygens (including phenoxy) is 2. The van der Waals surface area contributed by atoms with E-state index in [1.54, 1.807) is 6.92 Å². The molecular weight excluding hydrogens is 286 g/mol. The highest BCUT2D eigenvalue weighted by Gasteiger charge is 2.23. The van der Waals surface area contributed by atoms with Gasteiger partial charge < -0.3 is 14.6 Å². The fourth-order valence-corrected chi connectivity index (χ4v) is 2.01. The summed E-state index contributed by atoms with van der Waals surface area (Å²) >= 11 is 6.14. The summed E-state index contributed by atoms with van der Waals surface area (Å²) in [4.78, 5) is 11.8. The summed E-state index contributed by atoms with van der Waals surface area (Å²) < 4.78 is 9.89. The van der Waals surface area contributed by atoms with E-state index in [0.29, 0.717) is 5.56 Å². The lowest BCUT2D eigenvalue weighted by Crippen LogP contribution is -2.07. The molecule has 106 valence electrons. The molecule has 0 atom stereocenters. The number of esters is 1. The van der Waals surface area contributed by atoms with E-state index in [9.17, 15) is 9.90 Å². The average Bonchev–Trinajstić information content (AvgIpc) is 2.89. The molecule has 7 nitrogen and oxygen atoms in total. The number of aromatic nitrogens is 3. The fourth-order valence-electron chi connectivity index (χ4n) is 1.68. The van der Waals surface area contributed by atoms with Crippen molar-refractivity contribution in [3.05, 3.63) is 22.8 Å². The lowest BCUT2D eigenvalue weighted by Gasteiger charge is -2.09. The van der Waals surface area contributed by atoms with Gasteiger partial charge in [-0.1, -0.05) is 11.6 Å². The average molecular weight is 298 g/mol. The van der Waals surface area contributed by atoms with E-state index < -0.39 is 5.97 Å². The van der Waals surface area contributed by atoms with E-state index in [1.165, 1.54) is 19.2 Å². The third-order valence-electron chi connectivity index (χ3n) is 2.55. The van der Waals surface area contributed by atoms with Crippen LogP contribution in [0.3, 0.4) is 0 Å². The molecule has 0 saturated heterocycles. The normalized spacial score (nSPS) is 10.3. The second-order valence-corrected chi connectivity index (χ2v) is 4.10. The van der Waals surface area contributed by atoms with Gasteiger partial charge in [0.1, 0.15) is 5.69 Å². The zero-order chi connectivity index (χ0) is 14.7. The highest BCUT2D eigenvalue weighted by Crippen LogP contribution is 2.41. The number of phenols is 1. The first kappa shape index (κ1) is 14.1. The topological polar surface area (TPSA) is 97.3 Å². The van der Waals surface area contributed by atoms with Crippen LogP contribution in [-0.4, -0.2) is 40.2 Å². The van der Waals surface area contributed by atoms with E-state index in [-0.39, 0.29) is 34.5 Å². The van der Waals surface area contributed by atoms with Crippen LogP contribution >= 0.6 is 11.6 Å². The Morgan fingerprint density at radius 2 is 2.20 bits per heavy atom. The van der Waals surface area contributed by atoms with Crippen LogP contribution in [0.25, 0.3) is 11.3 Å². The van der Waals surface area contributed by atoms with E-state index in [0.717, 1.165) is 0 Å². The SMILES string of the molecule is CCOC(=O)c1n[nH]nc1-c1ccc(O)c(OC)c1Cl. The number of nitrogens with zero attached hydrogens (tertiary/aromatic N) is 2. The van der Waals surface area contributed by atoms with Crippen LogP contribution in [0.5, 0.6) is 11.5 Å². The van der Waals surface area contributed by atoms with Crippen LogP contribution < -0.4 is 4.74 Å². The Morgan fingerprint density at radius 1 is 1.45 bits per heavy atom. The quantitative estimate of drug-likeness (QED) is 0.838. The molecule has 0 aliphatic carbocycles. The monoisotopic (exact) mass is 297 g/mol. The smallest absolute Gasteiger partial charge is 0.361 e. The molecule has 0 aliphatic heterocycles. The molecular formula is C12H12ClN3O4. The first-order valence-electron chi connectivity index (χ1n) is 5.73. The molecule has 0 radical (unpaired) electrons. The van der Waals surface area contributed by atoms with Crippen LogP contribution in [-0.2, 0) is 4.74 Å². The molecule has 0 amide bonds. The molecule has 1 aromatic carbocycles. The molecule has 1 aromatic heterocycles. The number of phenolic OH excluding ortho intramolecular Hbond substituents is 1. The number of carbonyl (C=O) groups excluding carboxylic acids is 1. The predicted molar refractivity (Wildman–Crippen MR) is 71.0 cm³/mol. The van der Waals surface area contributed by atoms with Gasteiger partial charge in [0.25, 0.3) is 0 Å². The molecule has 1 heterocycles. The summed E-state index contributed by atoms with van der Waals surface area (Å²) in [6.45, 7) is 1.91. The maximum Gasteiger partial charge on any atom is 0.361 e. The highest BCUT2D eigenvalue weighted by atomic mass is 35.5. The predicted octanol–water partition coefficient (Wildman–Crippen LogP) is 2.02. The van der Waals surface area contributed by atoms with Gasteiger partial charge in [0.05, 0.1) is 18.7 Å². The molecule has 0 bridgehead atoms. The Bertz CT molecular complexity index is 642. The number of aromatic amines is 1. The Labute approximate surface area is 119 Å². The second kappa shape index (κ2) is 5.79. The molecule has 0 unspecified atom stereocenters. The highest BCUT2D eigenvalue weighted by molar-refractivity contribution is 6.35. The number of rotatable bonds is 4. The third-order valence-corrected chi connectivity index (χ3v) is 2.93. The van der Waals surface area contributed by atoms with Gasteiger partial charge in [0, 0.05) is 5.56 Å². The van der Waals surface area contributed by atoms with Crippen LogP contribution in [0, 0.1) is 0 Å². The summed E-state index contributed by atoms with van der Waals surface area (Å²) in [7, 11) is 1.37. The van der Waals surface area contributed by atoms with E-state index in [2.05, 4.69) is 15.4 Å². The summed E-state index contributed by atoms with van der Waals surface area (Å²) in [5.74, 6) is -0.622. The van der Waals surface area contributed by atoms with Crippen molar-refractivity contribution in [2.45, 2.75) is 6.92 Å². The first-order chi connectivity index (χ1) is 9.60. The molecule has 2 rings (SSSR count). The lowest BCUT2D eigenvalue weighted by molar-refractivity contribution is 0.0520. The van der Waals surface area contributed by atoms with Gasteiger partial charge in [-0.15, -0.1) is 5.10 Å². The summed E-state index contributed by atoms with van der Waals surface area (Å²) in [6.07, 6.45) is 0. The Kier molecular flexibility index (Phi) is 4.09. The number of hydrogen-bond acceptors (Lipinski definition) is 6. The molecule has 2 aromatic rings. The molecule has 0 spiro atoms. The second-order valence-electron chi connectivity index (χ2n) is 3.72. The number of halogens is 1. The van der Waals surface area contributed by atoms with Gasteiger partial charge in [0.2, 0.25) is 0 Å². The molecule has 0 fully saturated rings. The standard InChI is InChI=1S/C12H12ClN3O4/c1-3-20-12(18)10-9(14-16-15-10)6-4-5-7(17)11(19-2)8(6)13/h4-5,17H,3H2,1-2H3,(H,14,15,16). The van der Waals surface area contributed by atoms with Crippen molar-refractivity contribution in [3.63, 3.8) is 0 Å². The number of hydrogen-bond donors (Lipinski definition) is 2. The number of H-pyrrole nitrogens is 1. The van der Waals surface area contributed by atoms with Gasteiger partial charge in [-0.2, -0.15) is 10.3 Å². The Balaban J connectivity index is 2.53. The number of aromatic hydroxyl groups is 1. The van der Waals surface area contributed by atoms with Gasteiger partial charge in [-0.25, -0.2) is 4.79 Å². The van der Waals surface area contributed by atoms with Crippen molar-refractivity contribution in [2.75, 3.05) is 13.7 Å². The maximum atomic E-state index is 11.8. The van der Waals surface area contributed by atoms with Crippen molar-refractivity contribution in [1.82, 2.24) is 15.4 Å². The zero-order valence-corrected chi connectivity index (χ0v) is 11.6. The molecule has 8 heteroatoms. The van der Waals surface area contributed by atoms with E-state index in [4.69, 9.17) is 21.1 Å². The summed E-state index contributed by atoms with van der Waals surface area (Å²) in [5.41, 5.74) is 0.645. The van der Waals surface area contributed by atoms with Crippen LogP contribution in [0.2, 0.25) is 5.02 Å². The van der Waals surface area contributed by atoms with Crippen LogP contribution in [0.4, 0.5) is 0 Å². The minimum atomic E-state index is -0.612. The number of carbonyl (C=O) groups is 1. The minimum absolute atomic E-state index is 0.0153. The number of nitrogens with one attached hydrogen (secondary N) is 1. The Morgan fingerprint density at radius 3 is 2.85 bits per heavy atom. The van der Waals surface area contributed by atoms with Crippen LogP contribution in [0.15, 0.2) is 12.1 Å². The molecule has 0 aliphatic rings. The van der Waals surface area contributed by atoms with Crippen molar-refractivity contribution in [3.8, 4) is 22.8 Å². The van der Waals surface area contributed by atoms with Crippen molar-refractivity contribution >= 4 is 17.6 Å². The van der Waals surface area contributed by atoms with E-state index in [1.807, 2.05) is 0 Å². The number of benzene rings is 1. The zero-order valence-electron chi connectivity index (χ0n) is 10.8.